The zero-order valence-electron chi connectivity index (χ0n) is 20.7. The topological polar surface area (TPSA) is 83.1 Å². The Hall–Kier alpha value is -3.26. The number of ketones is 1. The summed E-state index contributed by atoms with van der Waals surface area (Å²) in [5.74, 6) is 0.345. The second-order valence-corrected chi connectivity index (χ2v) is 14.8. The summed E-state index contributed by atoms with van der Waals surface area (Å²) in [6, 6.07) is 10.6. The Labute approximate surface area is 201 Å². The van der Waals surface area contributed by atoms with Crippen molar-refractivity contribution in [1.29, 1.82) is 0 Å². The van der Waals surface area contributed by atoms with Crippen LogP contribution in [-0.2, 0) is 19.7 Å². The van der Waals surface area contributed by atoms with Crippen LogP contribution < -0.4 is 24.7 Å². The van der Waals surface area contributed by atoms with Crippen molar-refractivity contribution in [2.75, 3.05) is 19.5 Å². The Morgan fingerprint density at radius 1 is 1.12 bits per heavy atom. The number of fused-ring (bicyclic) bond motifs is 1. The van der Waals surface area contributed by atoms with Crippen LogP contribution in [0.3, 0.4) is 0 Å². The van der Waals surface area contributed by atoms with Crippen molar-refractivity contribution in [1.82, 2.24) is 0 Å². The molecule has 8 heteroatoms. The Bertz CT molecular complexity index is 1180. The maximum absolute atomic E-state index is 12.9. The Morgan fingerprint density at radius 3 is 2.38 bits per heavy atom. The van der Waals surface area contributed by atoms with Crippen LogP contribution in [0, 0.1) is 6.92 Å². The van der Waals surface area contributed by atoms with Crippen molar-refractivity contribution in [3.8, 4) is 17.2 Å². The Balaban J connectivity index is 1.52. The fourth-order valence-corrected chi connectivity index (χ4v) is 9.37. The van der Waals surface area contributed by atoms with Gasteiger partial charge in [-0.15, -0.1) is 0 Å². The van der Waals surface area contributed by atoms with Gasteiger partial charge in [-0.2, -0.15) is 0 Å². The summed E-state index contributed by atoms with van der Waals surface area (Å²) in [6.07, 6.45) is -0.132. The van der Waals surface area contributed by atoms with E-state index in [0.29, 0.717) is 22.9 Å². The minimum Gasteiger partial charge on any atom is -0.494 e. The summed E-state index contributed by atoms with van der Waals surface area (Å²) in [7, 11) is 1.36. The minimum absolute atomic E-state index is 0.0110. The van der Waals surface area contributed by atoms with Crippen molar-refractivity contribution in [3.05, 3.63) is 53.5 Å². The number of aryl methyl sites for hydroxylation is 1. The van der Waals surface area contributed by atoms with Crippen LogP contribution in [0.5, 0.6) is 17.2 Å². The van der Waals surface area contributed by atoms with Crippen LogP contribution in [0.25, 0.3) is 0 Å². The lowest BCUT2D eigenvalue weighted by Crippen LogP contribution is -2.38. The SMILES string of the molecule is COc1cccc(OC)c1NC(=O)C1OC(Oc2cc3c(cc2C)C(C)(C)C[Si]3(C)C)=CC1=O. The predicted molar refractivity (Wildman–Crippen MR) is 133 cm³/mol. The molecule has 4 rings (SSSR count). The molecule has 0 aromatic heterocycles. The molecule has 34 heavy (non-hydrogen) atoms. The second-order valence-electron chi connectivity index (χ2n) is 10.1. The summed E-state index contributed by atoms with van der Waals surface area (Å²) in [5.41, 5.74) is 2.79. The number of para-hydroxylation sites is 1. The summed E-state index contributed by atoms with van der Waals surface area (Å²) >= 11 is 0. The number of nitrogens with one attached hydrogen (secondary N) is 1. The third kappa shape index (κ3) is 4.18. The first kappa shape index (κ1) is 23.9. The number of anilines is 1. The molecule has 2 aliphatic rings. The normalized spacial score (nSPS) is 19.7. The highest BCUT2D eigenvalue weighted by Gasteiger charge is 2.44. The molecule has 0 spiro atoms. The largest absolute Gasteiger partial charge is 0.494 e. The lowest BCUT2D eigenvalue weighted by atomic mass is 9.86. The van der Waals surface area contributed by atoms with Crippen LogP contribution in [0.2, 0.25) is 19.1 Å². The molecular weight excluding hydrogens is 450 g/mol. The van der Waals surface area contributed by atoms with Gasteiger partial charge >= 0.3 is 0 Å². The number of ether oxygens (including phenoxy) is 4. The van der Waals surface area contributed by atoms with E-state index in [1.165, 1.54) is 37.1 Å². The quantitative estimate of drug-likeness (QED) is 0.495. The third-order valence-corrected chi connectivity index (χ3v) is 10.2. The molecule has 2 heterocycles. The van der Waals surface area contributed by atoms with E-state index in [1.807, 2.05) is 6.92 Å². The Morgan fingerprint density at radius 2 is 1.76 bits per heavy atom. The molecule has 0 aliphatic carbocycles. The van der Waals surface area contributed by atoms with E-state index in [-0.39, 0.29) is 11.4 Å². The molecule has 7 nitrogen and oxygen atoms in total. The maximum atomic E-state index is 12.9. The van der Waals surface area contributed by atoms with Crippen molar-refractivity contribution in [2.24, 2.45) is 0 Å². The van der Waals surface area contributed by atoms with Gasteiger partial charge in [-0.3, -0.25) is 9.59 Å². The van der Waals surface area contributed by atoms with E-state index in [2.05, 4.69) is 44.4 Å². The Kier molecular flexibility index (Phi) is 5.97. The molecule has 0 bridgehead atoms. The number of rotatable bonds is 6. The van der Waals surface area contributed by atoms with Gasteiger partial charge in [0.1, 0.15) is 22.9 Å². The minimum atomic E-state index is -1.61. The summed E-state index contributed by atoms with van der Waals surface area (Å²) < 4.78 is 22.2. The first-order valence-corrected chi connectivity index (χ1v) is 14.4. The predicted octanol–water partition coefficient (Wildman–Crippen LogP) is 4.05. The van der Waals surface area contributed by atoms with E-state index in [1.54, 1.807) is 18.2 Å². The molecule has 0 fully saturated rings. The van der Waals surface area contributed by atoms with E-state index in [9.17, 15) is 9.59 Å². The van der Waals surface area contributed by atoms with Gasteiger partial charge in [0.2, 0.25) is 11.9 Å². The van der Waals surface area contributed by atoms with Gasteiger partial charge in [0.05, 0.1) is 28.4 Å². The molecule has 2 aromatic carbocycles. The van der Waals surface area contributed by atoms with Gasteiger partial charge in [-0.05, 0) is 47.7 Å². The molecule has 0 radical (unpaired) electrons. The smallest absolute Gasteiger partial charge is 0.289 e. The second kappa shape index (κ2) is 8.50. The molecule has 0 saturated carbocycles. The highest BCUT2D eigenvalue weighted by Crippen LogP contribution is 2.41. The number of amides is 1. The zero-order valence-corrected chi connectivity index (χ0v) is 21.7. The van der Waals surface area contributed by atoms with Crippen LogP contribution in [-0.4, -0.2) is 40.1 Å². The fraction of sp³-hybridized carbons (Fsp3) is 0.385. The molecular formula is C26H31NO6Si. The number of carbonyl (C=O) groups is 2. The first-order chi connectivity index (χ1) is 16.0. The van der Waals surface area contributed by atoms with Gasteiger partial charge in [-0.25, -0.2) is 0 Å². The highest BCUT2D eigenvalue weighted by atomic mass is 28.3. The van der Waals surface area contributed by atoms with Gasteiger partial charge < -0.3 is 24.3 Å². The number of benzene rings is 2. The molecule has 2 aliphatic heterocycles. The third-order valence-electron chi connectivity index (χ3n) is 6.53. The van der Waals surface area contributed by atoms with Gasteiger partial charge in [0.25, 0.3) is 11.9 Å². The van der Waals surface area contributed by atoms with Crippen LogP contribution in [0.1, 0.15) is 25.0 Å². The lowest BCUT2D eigenvalue weighted by Gasteiger charge is -2.21. The highest BCUT2D eigenvalue weighted by molar-refractivity contribution is 6.91. The molecule has 1 amide bonds. The average Bonchev–Trinajstić information content (AvgIpc) is 3.21. The van der Waals surface area contributed by atoms with Gasteiger partial charge in [0.15, 0.2) is 0 Å². The standard InChI is InChI=1S/C26H31NO6Si/c1-15-11-16-21(34(6,7)14-26(16,2)3)13-20(15)32-22-12-17(28)24(33-22)25(29)27-23-18(30-4)9-8-10-19(23)31-5/h8-13,24H,14H2,1-7H3,(H,27,29). The summed E-state index contributed by atoms with van der Waals surface area (Å²) in [5, 5.41) is 4.05. The maximum Gasteiger partial charge on any atom is 0.289 e. The molecule has 1 unspecified atom stereocenters. The summed E-state index contributed by atoms with van der Waals surface area (Å²) in [4.78, 5) is 25.5. The van der Waals surface area contributed by atoms with Crippen molar-refractivity contribution < 1.29 is 28.5 Å². The van der Waals surface area contributed by atoms with Crippen molar-refractivity contribution in [3.63, 3.8) is 0 Å². The van der Waals surface area contributed by atoms with Gasteiger partial charge in [-0.1, -0.05) is 44.3 Å². The van der Waals surface area contributed by atoms with E-state index in [4.69, 9.17) is 18.9 Å². The van der Waals surface area contributed by atoms with Crippen molar-refractivity contribution >= 4 is 30.6 Å². The van der Waals surface area contributed by atoms with E-state index < -0.39 is 25.9 Å². The molecule has 180 valence electrons. The van der Waals surface area contributed by atoms with E-state index >= 15 is 0 Å². The van der Waals surface area contributed by atoms with Crippen LogP contribution >= 0.6 is 0 Å². The van der Waals surface area contributed by atoms with Gasteiger partial charge in [0, 0.05) is 0 Å². The summed E-state index contributed by atoms with van der Waals surface area (Å²) in [6.45, 7) is 11.3. The first-order valence-electron chi connectivity index (χ1n) is 11.2. The average molecular weight is 482 g/mol. The number of hydrogen-bond donors (Lipinski definition) is 1. The fourth-order valence-electron chi connectivity index (χ4n) is 5.12. The molecule has 2 aromatic rings. The number of methoxy groups -OCH3 is 2. The number of hydrogen-bond acceptors (Lipinski definition) is 6. The molecule has 1 atom stereocenters. The number of carbonyl (C=O) groups excluding carboxylic acids is 2. The molecule has 0 saturated heterocycles. The van der Waals surface area contributed by atoms with E-state index in [0.717, 1.165) is 5.56 Å². The molecule has 1 N–H and O–H groups in total. The zero-order chi connectivity index (χ0) is 24.8. The van der Waals surface area contributed by atoms with Crippen LogP contribution in [0.15, 0.2) is 42.4 Å². The lowest BCUT2D eigenvalue weighted by molar-refractivity contribution is -0.134. The van der Waals surface area contributed by atoms with Crippen LogP contribution in [0.4, 0.5) is 5.69 Å². The monoisotopic (exact) mass is 481 g/mol. The van der Waals surface area contributed by atoms with Crippen molar-refractivity contribution in [2.45, 2.75) is 51.4 Å².